The number of nitriles is 2. The highest BCUT2D eigenvalue weighted by atomic mass is 15.2. The average Bonchev–Trinajstić information content (AvgIpc) is 3.04. The van der Waals surface area contributed by atoms with E-state index in [1.54, 1.807) is 0 Å². The number of benzene rings is 1. The first-order valence-corrected chi connectivity index (χ1v) is 10.6. The van der Waals surface area contributed by atoms with Crippen LogP contribution in [0.2, 0.25) is 0 Å². The Morgan fingerprint density at radius 2 is 1.61 bits per heavy atom. The summed E-state index contributed by atoms with van der Waals surface area (Å²) >= 11 is 0. The number of aryl methyl sites for hydroxylation is 4. The molecule has 7 heteroatoms. The lowest BCUT2D eigenvalue weighted by Crippen LogP contribution is -2.36. The highest BCUT2D eigenvalue weighted by Crippen LogP contribution is 2.35. The molecule has 3 aromatic rings. The second kappa shape index (κ2) is 8.08. The van der Waals surface area contributed by atoms with E-state index in [9.17, 15) is 10.5 Å². The van der Waals surface area contributed by atoms with E-state index in [1.807, 2.05) is 19.1 Å². The minimum Gasteiger partial charge on any atom is -0.356 e. The number of hydrogen-bond acceptors (Lipinski definition) is 5. The normalized spacial score (nSPS) is 14.7. The van der Waals surface area contributed by atoms with Crippen LogP contribution in [0.25, 0.3) is 16.7 Å². The topological polar surface area (TPSA) is 81.5 Å². The Morgan fingerprint density at radius 3 is 2.19 bits per heavy atom. The van der Waals surface area contributed by atoms with E-state index in [0.29, 0.717) is 0 Å². The summed E-state index contributed by atoms with van der Waals surface area (Å²) in [5, 5.41) is 19.5. The SMILES string of the molecule is [B]c1cc(C)c(-n2cc(C)c3c(N4CCC(C(C#N)C#N)CC4)nc(C)nc32)c(C)c1. The fourth-order valence-corrected chi connectivity index (χ4v) is 4.84. The summed E-state index contributed by atoms with van der Waals surface area (Å²) in [6.45, 7) is 9.71. The molecule has 154 valence electrons. The standard InChI is InChI=1S/C24H25BN6/c1-14-9-20(25)10-15(2)22(14)31-13-16(3)21-23(28-17(4)29-24(21)31)30-7-5-18(6-8-30)19(11-26)12-27/h9-10,13,18-19H,5-8H2,1-4H3. The highest BCUT2D eigenvalue weighted by Gasteiger charge is 2.29. The van der Waals surface area contributed by atoms with Crippen LogP contribution in [0.3, 0.4) is 0 Å². The second-order valence-corrected chi connectivity index (χ2v) is 8.54. The lowest BCUT2D eigenvalue weighted by molar-refractivity contribution is 0.366. The molecule has 1 fully saturated rings. The molecule has 0 saturated carbocycles. The zero-order valence-electron chi connectivity index (χ0n) is 18.5. The van der Waals surface area contributed by atoms with Crippen LogP contribution in [0.5, 0.6) is 0 Å². The molecule has 0 unspecified atom stereocenters. The van der Waals surface area contributed by atoms with Crippen molar-refractivity contribution < 1.29 is 0 Å². The van der Waals surface area contributed by atoms with Gasteiger partial charge in [0.05, 0.1) is 23.2 Å². The summed E-state index contributed by atoms with van der Waals surface area (Å²) in [7, 11) is 6.04. The Kier molecular flexibility index (Phi) is 5.46. The van der Waals surface area contributed by atoms with Gasteiger partial charge in [-0.1, -0.05) is 17.6 Å². The maximum absolute atomic E-state index is 9.23. The zero-order chi connectivity index (χ0) is 22.3. The maximum Gasteiger partial charge on any atom is 0.150 e. The summed E-state index contributed by atoms with van der Waals surface area (Å²) in [5.74, 6) is 1.25. The summed E-state index contributed by atoms with van der Waals surface area (Å²) in [5.41, 5.74) is 6.08. The van der Waals surface area contributed by atoms with E-state index in [0.717, 1.165) is 76.4 Å². The molecule has 0 aliphatic carbocycles. The molecule has 1 aliphatic heterocycles. The number of anilines is 1. The molecule has 2 radical (unpaired) electrons. The molecular weight excluding hydrogens is 383 g/mol. The predicted octanol–water partition coefficient (Wildman–Crippen LogP) is 3.33. The fraction of sp³-hybridized carbons (Fsp3) is 0.417. The molecule has 6 nitrogen and oxygen atoms in total. The van der Waals surface area contributed by atoms with Crippen molar-refractivity contribution in [2.75, 3.05) is 18.0 Å². The first kappa shape index (κ1) is 20.9. The number of fused-ring (bicyclic) bond motifs is 1. The van der Waals surface area contributed by atoms with Gasteiger partial charge < -0.3 is 9.47 Å². The number of piperidine rings is 1. The van der Waals surface area contributed by atoms with Crippen molar-refractivity contribution >= 4 is 30.2 Å². The molecule has 4 rings (SSSR count). The molecule has 3 heterocycles. The van der Waals surface area contributed by atoms with Gasteiger partial charge in [0.2, 0.25) is 0 Å². The van der Waals surface area contributed by atoms with Crippen molar-refractivity contribution in [1.82, 2.24) is 14.5 Å². The monoisotopic (exact) mass is 408 g/mol. The minimum absolute atomic E-state index is 0.121. The van der Waals surface area contributed by atoms with Crippen LogP contribution in [0, 0.1) is 62.2 Å². The first-order chi connectivity index (χ1) is 14.8. The predicted molar refractivity (Wildman–Crippen MR) is 123 cm³/mol. The van der Waals surface area contributed by atoms with Crippen molar-refractivity contribution in [3.05, 3.63) is 40.8 Å². The molecule has 0 bridgehead atoms. The van der Waals surface area contributed by atoms with Gasteiger partial charge in [-0.05, 0) is 63.1 Å². The third kappa shape index (κ3) is 3.66. The van der Waals surface area contributed by atoms with Gasteiger partial charge in [0.1, 0.15) is 25.4 Å². The maximum atomic E-state index is 9.23. The van der Waals surface area contributed by atoms with Gasteiger partial charge in [0, 0.05) is 19.3 Å². The summed E-state index contributed by atoms with van der Waals surface area (Å²) < 4.78 is 2.15. The lowest BCUT2D eigenvalue weighted by atomic mass is 9.86. The fourth-order valence-electron chi connectivity index (χ4n) is 4.84. The molecule has 1 saturated heterocycles. The molecular formula is C24H25BN6. The number of aromatic nitrogens is 3. The van der Waals surface area contributed by atoms with Crippen LogP contribution >= 0.6 is 0 Å². The van der Waals surface area contributed by atoms with Crippen LogP contribution in [-0.4, -0.2) is 35.5 Å². The van der Waals surface area contributed by atoms with Crippen LogP contribution in [0.15, 0.2) is 18.3 Å². The van der Waals surface area contributed by atoms with Gasteiger partial charge in [0.15, 0.2) is 5.65 Å². The smallest absolute Gasteiger partial charge is 0.150 e. The molecule has 2 aromatic heterocycles. The Labute approximate surface area is 184 Å². The Bertz CT molecular complexity index is 1200. The number of rotatable bonds is 3. The quantitative estimate of drug-likeness (QED) is 0.621. The van der Waals surface area contributed by atoms with Gasteiger partial charge in [-0.3, -0.25) is 0 Å². The van der Waals surface area contributed by atoms with E-state index in [-0.39, 0.29) is 5.92 Å². The van der Waals surface area contributed by atoms with Crippen LogP contribution in [-0.2, 0) is 0 Å². The van der Waals surface area contributed by atoms with Gasteiger partial charge in [-0.2, -0.15) is 10.5 Å². The van der Waals surface area contributed by atoms with Crippen LogP contribution in [0.1, 0.15) is 35.4 Å². The third-order valence-corrected chi connectivity index (χ3v) is 6.27. The average molecular weight is 408 g/mol. The van der Waals surface area contributed by atoms with Gasteiger partial charge >= 0.3 is 0 Å². The van der Waals surface area contributed by atoms with Crippen molar-refractivity contribution in [2.24, 2.45) is 11.8 Å². The van der Waals surface area contributed by atoms with Crippen molar-refractivity contribution in [2.45, 2.75) is 40.5 Å². The minimum atomic E-state index is -0.534. The highest BCUT2D eigenvalue weighted by molar-refractivity contribution is 6.32. The summed E-state index contributed by atoms with van der Waals surface area (Å²) in [6, 6.07) is 8.27. The van der Waals surface area contributed by atoms with Crippen molar-refractivity contribution in [3.8, 4) is 17.8 Å². The number of hydrogen-bond donors (Lipinski definition) is 0. The first-order valence-electron chi connectivity index (χ1n) is 10.6. The van der Waals surface area contributed by atoms with E-state index in [2.05, 4.69) is 48.6 Å². The van der Waals surface area contributed by atoms with Gasteiger partial charge in [-0.25, -0.2) is 9.97 Å². The molecule has 1 aromatic carbocycles. The second-order valence-electron chi connectivity index (χ2n) is 8.54. The Morgan fingerprint density at radius 1 is 1.00 bits per heavy atom. The molecule has 0 N–H and O–H groups in total. The molecule has 0 spiro atoms. The Hall–Kier alpha value is -3.32. The lowest BCUT2D eigenvalue weighted by Gasteiger charge is -2.33. The molecule has 31 heavy (non-hydrogen) atoms. The van der Waals surface area contributed by atoms with Crippen LogP contribution < -0.4 is 10.4 Å². The third-order valence-electron chi connectivity index (χ3n) is 6.27. The zero-order valence-corrected chi connectivity index (χ0v) is 18.5. The summed E-state index contributed by atoms with van der Waals surface area (Å²) in [4.78, 5) is 11.9. The van der Waals surface area contributed by atoms with Crippen molar-refractivity contribution in [1.29, 1.82) is 10.5 Å². The van der Waals surface area contributed by atoms with Gasteiger partial charge in [-0.15, -0.1) is 0 Å². The van der Waals surface area contributed by atoms with Crippen LogP contribution in [0.4, 0.5) is 5.82 Å². The van der Waals surface area contributed by atoms with E-state index in [4.69, 9.17) is 17.8 Å². The van der Waals surface area contributed by atoms with E-state index < -0.39 is 5.92 Å². The van der Waals surface area contributed by atoms with E-state index in [1.165, 1.54) is 0 Å². The van der Waals surface area contributed by atoms with Gasteiger partial charge in [0.25, 0.3) is 0 Å². The molecule has 0 atom stereocenters. The van der Waals surface area contributed by atoms with Crippen molar-refractivity contribution in [3.63, 3.8) is 0 Å². The largest absolute Gasteiger partial charge is 0.356 e. The summed E-state index contributed by atoms with van der Waals surface area (Å²) in [6.07, 6.45) is 3.75. The number of nitrogens with zero attached hydrogens (tertiary/aromatic N) is 6. The Balaban J connectivity index is 1.79. The molecule has 1 aliphatic rings. The molecule has 0 amide bonds. The van der Waals surface area contributed by atoms with E-state index >= 15 is 0 Å².